The Kier molecular flexibility index (Phi) is 7.01. The minimum atomic E-state index is -3.74. The Bertz CT molecular complexity index is 1330. The van der Waals surface area contributed by atoms with Gasteiger partial charge in [-0.1, -0.05) is 30.3 Å². The number of aromatic amines is 1. The zero-order chi connectivity index (χ0) is 23.4. The van der Waals surface area contributed by atoms with Gasteiger partial charge in [0, 0.05) is 18.8 Å². The lowest BCUT2D eigenvalue weighted by molar-refractivity contribution is -0.113. The summed E-state index contributed by atoms with van der Waals surface area (Å²) in [5, 5.41) is 3.52. The number of aromatic nitrogens is 2. The van der Waals surface area contributed by atoms with Crippen LogP contribution in [0.5, 0.6) is 5.75 Å². The molecule has 11 heteroatoms. The fourth-order valence-electron chi connectivity index (χ4n) is 3.66. The van der Waals surface area contributed by atoms with E-state index in [1.165, 1.54) is 23.5 Å². The molecule has 2 heterocycles. The maximum Gasteiger partial charge on any atom is 0.259 e. The van der Waals surface area contributed by atoms with Gasteiger partial charge < -0.3 is 15.0 Å². The van der Waals surface area contributed by atoms with Crippen LogP contribution in [0.1, 0.15) is 19.3 Å². The Morgan fingerprint density at radius 3 is 2.70 bits per heavy atom. The van der Waals surface area contributed by atoms with Gasteiger partial charge in [0.05, 0.1) is 23.8 Å². The van der Waals surface area contributed by atoms with Crippen LogP contribution in [0, 0.1) is 0 Å². The Morgan fingerprint density at radius 2 is 1.94 bits per heavy atom. The lowest BCUT2D eigenvalue weighted by atomic mass is 10.2. The number of carbonyl (C=O) groups is 1. The topological polar surface area (TPSA) is 121 Å². The number of carbonyl (C=O) groups excluding carboxylic acids is 1. The molecular weight excluding hydrogens is 464 g/mol. The van der Waals surface area contributed by atoms with Crippen molar-refractivity contribution in [3.8, 4) is 5.75 Å². The molecule has 2 aromatic carbocycles. The molecule has 3 aromatic rings. The van der Waals surface area contributed by atoms with Crippen LogP contribution in [0.3, 0.4) is 0 Å². The fraction of sp³-hybridized carbons (Fsp3) is 0.318. The molecule has 0 atom stereocenters. The first-order valence-electron chi connectivity index (χ1n) is 10.5. The Morgan fingerprint density at radius 1 is 1.18 bits per heavy atom. The van der Waals surface area contributed by atoms with Gasteiger partial charge in [0.1, 0.15) is 10.6 Å². The minimum Gasteiger partial charge on any atom is -0.495 e. The maximum atomic E-state index is 13.1. The predicted molar refractivity (Wildman–Crippen MR) is 127 cm³/mol. The highest BCUT2D eigenvalue weighted by Crippen LogP contribution is 2.31. The van der Waals surface area contributed by atoms with E-state index >= 15 is 0 Å². The zero-order valence-electron chi connectivity index (χ0n) is 18.0. The number of fused-ring (bicyclic) bond motifs is 1. The smallest absolute Gasteiger partial charge is 0.259 e. The summed E-state index contributed by atoms with van der Waals surface area (Å²) < 4.78 is 33.0. The summed E-state index contributed by atoms with van der Waals surface area (Å²) in [6, 6.07) is 11.5. The second kappa shape index (κ2) is 9.94. The van der Waals surface area contributed by atoms with E-state index in [4.69, 9.17) is 4.74 Å². The van der Waals surface area contributed by atoms with E-state index in [9.17, 15) is 18.0 Å². The van der Waals surface area contributed by atoms with Crippen molar-refractivity contribution >= 4 is 44.3 Å². The molecule has 4 rings (SSSR count). The first kappa shape index (κ1) is 23.3. The van der Waals surface area contributed by atoms with Gasteiger partial charge in [0.25, 0.3) is 5.56 Å². The average molecular weight is 489 g/mol. The quantitative estimate of drug-likeness (QED) is 0.387. The molecular formula is C22H24N4O5S2. The Labute approximate surface area is 195 Å². The summed E-state index contributed by atoms with van der Waals surface area (Å²) >= 11 is 1.09. The van der Waals surface area contributed by atoms with Crippen LogP contribution in [-0.2, 0) is 14.8 Å². The first-order chi connectivity index (χ1) is 15.9. The summed E-state index contributed by atoms with van der Waals surface area (Å²) in [6.45, 7) is 0.936. The van der Waals surface area contributed by atoms with Crippen LogP contribution < -0.4 is 15.6 Å². The second-order valence-corrected chi connectivity index (χ2v) is 10.4. The van der Waals surface area contributed by atoms with Crippen molar-refractivity contribution in [2.45, 2.75) is 29.3 Å². The van der Waals surface area contributed by atoms with Crippen molar-refractivity contribution in [3.63, 3.8) is 0 Å². The van der Waals surface area contributed by atoms with Crippen molar-refractivity contribution in [1.82, 2.24) is 14.3 Å². The number of sulfonamides is 1. The van der Waals surface area contributed by atoms with E-state index in [2.05, 4.69) is 15.3 Å². The molecule has 1 saturated heterocycles. The van der Waals surface area contributed by atoms with E-state index in [0.717, 1.165) is 31.0 Å². The number of methoxy groups -OCH3 is 1. The first-order valence-corrected chi connectivity index (χ1v) is 12.9. The van der Waals surface area contributed by atoms with Gasteiger partial charge in [-0.3, -0.25) is 9.59 Å². The number of benzene rings is 2. The van der Waals surface area contributed by atoms with Crippen LogP contribution in [0.15, 0.2) is 57.3 Å². The van der Waals surface area contributed by atoms with E-state index < -0.39 is 10.0 Å². The van der Waals surface area contributed by atoms with Crippen LogP contribution in [-0.4, -0.2) is 54.6 Å². The predicted octanol–water partition coefficient (Wildman–Crippen LogP) is 2.84. The molecule has 1 aliphatic rings. The number of ether oxygens (including phenoxy) is 1. The summed E-state index contributed by atoms with van der Waals surface area (Å²) in [6.07, 6.45) is 2.65. The molecule has 0 bridgehead atoms. The summed E-state index contributed by atoms with van der Waals surface area (Å²) in [7, 11) is -2.33. The van der Waals surface area contributed by atoms with Crippen molar-refractivity contribution in [2.75, 3.05) is 31.3 Å². The van der Waals surface area contributed by atoms with E-state index in [-0.39, 0.29) is 27.9 Å². The molecule has 174 valence electrons. The number of rotatable bonds is 7. The van der Waals surface area contributed by atoms with Crippen LogP contribution >= 0.6 is 11.8 Å². The van der Waals surface area contributed by atoms with Crippen LogP contribution in [0.4, 0.5) is 5.69 Å². The number of anilines is 1. The third-order valence-electron chi connectivity index (χ3n) is 5.31. The number of para-hydroxylation sites is 1. The molecule has 1 fully saturated rings. The standard InChI is InChI=1S/C22H24N4O5S2/c1-31-18-10-9-15(13-19(18)33(29,30)26-11-5-2-6-12-26)23-20(27)14-32-22-24-17-8-4-3-7-16(17)21(28)25-22/h3-4,7-10,13H,2,5-6,11-12,14H2,1H3,(H,23,27)(H,24,25,28). The third kappa shape index (κ3) is 5.21. The summed E-state index contributed by atoms with van der Waals surface area (Å²) in [5.41, 5.74) is 0.620. The molecule has 1 aliphatic heterocycles. The van der Waals surface area contributed by atoms with Crippen LogP contribution in [0.25, 0.3) is 10.9 Å². The van der Waals surface area contributed by atoms with Gasteiger partial charge in [0.15, 0.2) is 5.16 Å². The number of piperidine rings is 1. The summed E-state index contributed by atoms with van der Waals surface area (Å²) in [4.78, 5) is 31.7. The van der Waals surface area contributed by atoms with Gasteiger partial charge in [0.2, 0.25) is 15.9 Å². The molecule has 1 aromatic heterocycles. The lowest BCUT2D eigenvalue weighted by Gasteiger charge is -2.26. The normalized spacial score (nSPS) is 14.8. The van der Waals surface area contributed by atoms with Crippen molar-refractivity contribution in [3.05, 3.63) is 52.8 Å². The molecule has 33 heavy (non-hydrogen) atoms. The molecule has 0 spiro atoms. The molecule has 0 aliphatic carbocycles. The fourth-order valence-corrected chi connectivity index (χ4v) is 6.03. The minimum absolute atomic E-state index is 0.0124. The molecule has 0 unspecified atom stereocenters. The highest BCUT2D eigenvalue weighted by molar-refractivity contribution is 7.99. The number of hydrogen-bond donors (Lipinski definition) is 2. The summed E-state index contributed by atoms with van der Waals surface area (Å²) in [5.74, 6) is -0.144. The van der Waals surface area contributed by atoms with Crippen molar-refractivity contribution < 1.29 is 17.9 Å². The zero-order valence-corrected chi connectivity index (χ0v) is 19.7. The van der Waals surface area contributed by atoms with Gasteiger partial charge in [-0.2, -0.15) is 4.31 Å². The van der Waals surface area contributed by atoms with Gasteiger partial charge in [-0.15, -0.1) is 0 Å². The number of thioether (sulfide) groups is 1. The molecule has 0 saturated carbocycles. The van der Waals surface area contributed by atoms with Crippen molar-refractivity contribution in [1.29, 1.82) is 0 Å². The third-order valence-corrected chi connectivity index (χ3v) is 8.10. The molecule has 9 nitrogen and oxygen atoms in total. The Balaban J connectivity index is 1.48. The van der Waals surface area contributed by atoms with E-state index in [0.29, 0.717) is 34.8 Å². The Hall–Kier alpha value is -2.89. The van der Waals surface area contributed by atoms with E-state index in [1.54, 1.807) is 30.3 Å². The molecule has 0 radical (unpaired) electrons. The van der Waals surface area contributed by atoms with Gasteiger partial charge >= 0.3 is 0 Å². The highest BCUT2D eigenvalue weighted by atomic mass is 32.2. The monoisotopic (exact) mass is 488 g/mol. The van der Waals surface area contributed by atoms with E-state index in [1.807, 2.05) is 0 Å². The van der Waals surface area contributed by atoms with Gasteiger partial charge in [-0.05, 0) is 43.2 Å². The number of hydrogen-bond acceptors (Lipinski definition) is 7. The number of nitrogens with one attached hydrogen (secondary N) is 2. The number of nitrogens with zero attached hydrogens (tertiary/aromatic N) is 2. The largest absolute Gasteiger partial charge is 0.495 e. The number of H-pyrrole nitrogens is 1. The molecule has 2 N–H and O–H groups in total. The van der Waals surface area contributed by atoms with Crippen LogP contribution in [0.2, 0.25) is 0 Å². The maximum absolute atomic E-state index is 13.1. The lowest BCUT2D eigenvalue weighted by Crippen LogP contribution is -2.35. The molecule has 1 amide bonds. The SMILES string of the molecule is COc1ccc(NC(=O)CSc2nc3ccccc3c(=O)[nH]2)cc1S(=O)(=O)N1CCCCC1. The second-order valence-electron chi connectivity index (χ2n) is 7.56. The van der Waals surface area contributed by atoms with Gasteiger partial charge in [-0.25, -0.2) is 13.4 Å². The highest BCUT2D eigenvalue weighted by Gasteiger charge is 2.29. The average Bonchev–Trinajstić information content (AvgIpc) is 2.83. The van der Waals surface area contributed by atoms with Crippen molar-refractivity contribution in [2.24, 2.45) is 0 Å². The number of amides is 1.